The number of hydrogen-bond donors (Lipinski definition) is 2. The van der Waals surface area contributed by atoms with Gasteiger partial charge in [0.1, 0.15) is 4.90 Å². The molecule has 2 aromatic carbocycles. The van der Waals surface area contributed by atoms with E-state index in [1.54, 1.807) is 18.2 Å². The van der Waals surface area contributed by atoms with Gasteiger partial charge in [-0.15, -0.1) is 0 Å². The van der Waals surface area contributed by atoms with E-state index in [0.717, 1.165) is 11.1 Å². The predicted octanol–water partition coefficient (Wildman–Crippen LogP) is 4.21. The number of hydrogen-bond acceptors (Lipinski definition) is 3. The van der Waals surface area contributed by atoms with E-state index in [2.05, 4.69) is 36.6 Å². The average Bonchev–Trinajstić information content (AvgIpc) is 2.33. The van der Waals surface area contributed by atoms with E-state index in [-0.39, 0.29) is 4.90 Å². The van der Waals surface area contributed by atoms with Crippen LogP contribution in [0.25, 0.3) is 0 Å². The number of aryl methyl sites for hydroxylation is 1. The smallest absolute Gasteiger partial charge is 0.264 e. The Morgan fingerprint density at radius 2 is 1.67 bits per heavy atom. The molecule has 0 amide bonds. The molecule has 0 unspecified atom stereocenters. The molecule has 0 saturated carbocycles. The lowest BCUT2D eigenvalue weighted by atomic mass is 10.1. The minimum Gasteiger partial charge on any atom is -0.399 e. The van der Waals surface area contributed by atoms with Crippen molar-refractivity contribution in [2.75, 3.05) is 10.5 Å². The van der Waals surface area contributed by atoms with Gasteiger partial charge in [0, 0.05) is 14.6 Å². The molecule has 0 aliphatic carbocycles. The van der Waals surface area contributed by atoms with Crippen LogP contribution in [-0.4, -0.2) is 8.42 Å². The van der Waals surface area contributed by atoms with Crippen LogP contribution in [0.5, 0.6) is 0 Å². The number of sulfonamides is 1. The number of anilines is 2. The van der Waals surface area contributed by atoms with Crippen molar-refractivity contribution in [1.29, 1.82) is 0 Å². The molecule has 2 rings (SSSR count). The lowest BCUT2D eigenvalue weighted by molar-refractivity contribution is 0.600. The summed E-state index contributed by atoms with van der Waals surface area (Å²) in [4.78, 5) is 0.123. The van der Waals surface area contributed by atoms with E-state index in [1.807, 2.05) is 26.0 Å². The van der Waals surface area contributed by atoms with Crippen LogP contribution in [0.2, 0.25) is 0 Å². The first-order valence-electron chi connectivity index (χ1n) is 6.06. The Balaban J connectivity index is 2.51. The zero-order chi connectivity index (χ0) is 15.8. The molecule has 0 saturated heterocycles. The molecule has 0 radical (unpaired) electrons. The monoisotopic (exact) mass is 432 g/mol. The van der Waals surface area contributed by atoms with Gasteiger partial charge in [-0.05, 0) is 75.0 Å². The average molecular weight is 434 g/mol. The molecule has 0 fully saturated rings. The van der Waals surface area contributed by atoms with Crippen molar-refractivity contribution in [3.63, 3.8) is 0 Å². The normalized spacial score (nSPS) is 11.4. The van der Waals surface area contributed by atoms with Gasteiger partial charge < -0.3 is 5.73 Å². The topological polar surface area (TPSA) is 72.2 Å². The van der Waals surface area contributed by atoms with Crippen molar-refractivity contribution in [1.82, 2.24) is 0 Å². The Labute approximate surface area is 141 Å². The van der Waals surface area contributed by atoms with Crippen molar-refractivity contribution in [3.8, 4) is 0 Å². The number of nitrogens with one attached hydrogen (secondary N) is 1. The van der Waals surface area contributed by atoms with E-state index < -0.39 is 10.0 Å². The molecule has 0 atom stereocenters. The number of halogens is 2. The van der Waals surface area contributed by atoms with E-state index in [1.165, 1.54) is 0 Å². The Kier molecular flexibility index (Phi) is 4.65. The molecular formula is C14H14Br2N2O2S. The summed E-state index contributed by atoms with van der Waals surface area (Å²) in [6.07, 6.45) is 0. The van der Waals surface area contributed by atoms with Gasteiger partial charge in [0.05, 0.1) is 5.69 Å². The van der Waals surface area contributed by atoms with Gasteiger partial charge >= 0.3 is 0 Å². The second-order valence-corrected chi connectivity index (χ2v) is 7.99. The maximum Gasteiger partial charge on any atom is 0.264 e. The third kappa shape index (κ3) is 3.41. The standard InChI is InChI=1S/C14H14Br2N2O2S/c1-8-4-3-5-13(9(8)2)18-21(19,20)14-11(15)6-10(17)7-12(14)16/h3-7,18H,17H2,1-2H3. The lowest BCUT2D eigenvalue weighted by Gasteiger charge is -2.14. The van der Waals surface area contributed by atoms with Crippen LogP contribution in [0.15, 0.2) is 44.2 Å². The quantitative estimate of drug-likeness (QED) is 0.712. The molecule has 2 aromatic rings. The first kappa shape index (κ1) is 16.3. The zero-order valence-electron chi connectivity index (χ0n) is 11.4. The third-order valence-corrected chi connectivity index (χ3v) is 6.38. The molecule has 0 bridgehead atoms. The van der Waals surface area contributed by atoms with E-state index in [0.29, 0.717) is 20.3 Å². The van der Waals surface area contributed by atoms with Gasteiger partial charge in [-0.3, -0.25) is 4.72 Å². The lowest BCUT2D eigenvalue weighted by Crippen LogP contribution is -2.15. The van der Waals surface area contributed by atoms with Crippen molar-refractivity contribution < 1.29 is 8.42 Å². The Bertz CT molecular complexity index is 782. The van der Waals surface area contributed by atoms with Crippen LogP contribution >= 0.6 is 31.9 Å². The summed E-state index contributed by atoms with van der Waals surface area (Å²) >= 11 is 6.50. The first-order valence-corrected chi connectivity index (χ1v) is 9.13. The fourth-order valence-corrected chi connectivity index (χ4v) is 5.64. The molecular weight excluding hydrogens is 420 g/mol. The van der Waals surface area contributed by atoms with Gasteiger partial charge in [-0.2, -0.15) is 0 Å². The summed E-state index contributed by atoms with van der Waals surface area (Å²) in [5.74, 6) is 0. The minimum atomic E-state index is -3.73. The highest BCUT2D eigenvalue weighted by molar-refractivity contribution is 9.11. The van der Waals surface area contributed by atoms with Crippen LogP contribution < -0.4 is 10.5 Å². The number of nitrogen functional groups attached to an aromatic ring is 1. The number of rotatable bonds is 3. The first-order chi connectivity index (χ1) is 9.72. The van der Waals surface area contributed by atoms with Crippen LogP contribution in [0.1, 0.15) is 11.1 Å². The number of benzene rings is 2. The predicted molar refractivity (Wildman–Crippen MR) is 93.0 cm³/mol. The fraction of sp³-hybridized carbons (Fsp3) is 0.143. The highest BCUT2D eigenvalue weighted by Crippen LogP contribution is 2.34. The summed E-state index contributed by atoms with van der Waals surface area (Å²) < 4.78 is 28.6. The maximum atomic E-state index is 12.6. The summed E-state index contributed by atoms with van der Waals surface area (Å²) in [5, 5.41) is 0. The van der Waals surface area contributed by atoms with Crippen molar-refractivity contribution in [2.24, 2.45) is 0 Å². The number of nitrogens with two attached hydrogens (primary N) is 1. The molecule has 3 N–H and O–H groups in total. The van der Waals surface area contributed by atoms with E-state index in [9.17, 15) is 8.42 Å². The summed E-state index contributed by atoms with van der Waals surface area (Å²) in [6.45, 7) is 3.81. The molecule has 0 heterocycles. The van der Waals surface area contributed by atoms with Gasteiger partial charge in [0.2, 0.25) is 0 Å². The second-order valence-electron chi connectivity index (χ2n) is 4.67. The zero-order valence-corrected chi connectivity index (χ0v) is 15.4. The molecule has 7 heteroatoms. The van der Waals surface area contributed by atoms with E-state index >= 15 is 0 Å². The Morgan fingerprint density at radius 3 is 2.24 bits per heavy atom. The molecule has 0 aliphatic heterocycles. The third-order valence-electron chi connectivity index (χ3n) is 3.14. The molecule has 0 spiro atoms. The molecule has 0 aromatic heterocycles. The highest BCUT2D eigenvalue weighted by atomic mass is 79.9. The van der Waals surface area contributed by atoms with Crippen LogP contribution in [0, 0.1) is 13.8 Å². The fourth-order valence-electron chi connectivity index (χ4n) is 1.89. The molecule has 21 heavy (non-hydrogen) atoms. The minimum absolute atomic E-state index is 0.123. The van der Waals surface area contributed by atoms with E-state index in [4.69, 9.17) is 5.73 Å². The van der Waals surface area contributed by atoms with Gasteiger partial charge in [-0.1, -0.05) is 12.1 Å². The Hall–Kier alpha value is -1.05. The second kappa shape index (κ2) is 5.98. The van der Waals surface area contributed by atoms with Gasteiger partial charge in [0.25, 0.3) is 10.0 Å². The highest BCUT2D eigenvalue weighted by Gasteiger charge is 2.22. The molecule has 4 nitrogen and oxygen atoms in total. The maximum absolute atomic E-state index is 12.6. The van der Waals surface area contributed by atoms with Gasteiger partial charge in [-0.25, -0.2) is 8.42 Å². The molecule has 112 valence electrons. The summed E-state index contributed by atoms with van der Waals surface area (Å²) in [5.41, 5.74) is 8.64. The summed E-state index contributed by atoms with van der Waals surface area (Å²) in [7, 11) is -3.73. The van der Waals surface area contributed by atoms with Crippen LogP contribution in [-0.2, 0) is 10.0 Å². The Morgan fingerprint density at radius 1 is 1.10 bits per heavy atom. The molecule has 0 aliphatic rings. The SMILES string of the molecule is Cc1cccc(NS(=O)(=O)c2c(Br)cc(N)cc2Br)c1C. The van der Waals surface area contributed by atoms with Crippen molar-refractivity contribution in [2.45, 2.75) is 18.7 Å². The largest absolute Gasteiger partial charge is 0.399 e. The van der Waals surface area contributed by atoms with Crippen molar-refractivity contribution in [3.05, 3.63) is 50.4 Å². The van der Waals surface area contributed by atoms with Crippen LogP contribution in [0.3, 0.4) is 0 Å². The summed E-state index contributed by atoms with van der Waals surface area (Å²) in [6, 6.07) is 8.60. The van der Waals surface area contributed by atoms with Crippen LogP contribution in [0.4, 0.5) is 11.4 Å². The van der Waals surface area contributed by atoms with Gasteiger partial charge in [0.15, 0.2) is 0 Å². The van der Waals surface area contributed by atoms with Crippen molar-refractivity contribution >= 4 is 53.3 Å².